The smallest absolute Gasteiger partial charge is 0.223 e. The van der Waals surface area contributed by atoms with Crippen LogP contribution in [0.1, 0.15) is 46.5 Å². The molecule has 1 aliphatic carbocycles. The third-order valence-electron chi connectivity index (χ3n) is 5.11. The molecule has 0 saturated carbocycles. The average Bonchev–Trinajstić information content (AvgIpc) is 2.70. The normalized spacial score (nSPS) is 46.1. The minimum atomic E-state index is -0.189. The molecule has 2 unspecified atom stereocenters. The van der Waals surface area contributed by atoms with E-state index in [2.05, 4.69) is 24.8 Å². The van der Waals surface area contributed by atoms with Crippen molar-refractivity contribution in [3.05, 3.63) is 23.1 Å². The summed E-state index contributed by atoms with van der Waals surface area (Å²) in [5.74, 6) is 0.514. The maximum atomic E-state index is 7.10. The molecule has 19 heavy (non-hydrogen) atoms. The summed E-state index contributed by atoms with van der Waals surface area (Å²) in [5.41, 5.74) is 1.21. The predicted molar refractivity (Wildman–Crippen MR) is 73.7 cm³/mol. The van der Waals surface area contributed by atoms with E-state index in [1.807, 2.05) is 6.92 Å². The van der Waals surface area contributed by atoms with E-state index < -0.39 is 0 Å². The number of rotatable bonds is 2. The molecule has 2 aliphatic heterocycles. The van der Waals surface area contributed by atoms with Crippen molar-refractivity contribution in [2.75, 3.05) is 0 Å². The standard InChI is InChI=1S/C16H23NO2/c1-10-8-16-9-14(12(10)3)18-15(16)6-5-13(19-16)7-11(2)17-4/h8,11-15H,5-7,9H2,1-3H3/t11?,12?,13-,14-,15+,16+/m1/s1. The Bertz CT molecular complexity index is 439. The number of fused-ring (bicyclic) bond motifs is 1. The third kappa shape index (κ3) is 2.11. The average molecular weight is 261 g/mol. The summed E-state index contributed by atoms with van der Waals surface area (Å²) in [6.07, 6.45) is 7.05. The van der Waals surface area contributed by atoms with Gasteiger partial charge in [-0.3, -0.25) is 0 Å². The van der Waals surface area contributed by atoms with Crippen molar-refractivity contribution in [3.8, 4) is 0 Å². The zero-order valence-electron chi connectivity index (χ0n) is 12.1. The molecule has 3 aliphatic rings. The maximum absolute atomic E-state index is 7.10. The lowest BCUT2D eigenvalue weighted by molar-refractivity contribution is -0.141. The Labute approximate surface area is 115 Å². The van der Waals surface area contributed by atoms with Crippen LogP contribution in [0.5, 0.6) is 0 Å². The fourth-order valence-electron chi connectivity index (χ4n) is 3.85. The first-order chi connectivity index (χ1) is 9.04. The van der Waals surface area contributed by atoms with Crippen molar-refractivity contribution in [2.24, 2.45) is 5.92 Å². The molecule has 0 N–H and O–H groups in total. The van der Waals surface area contributed by atoms with E-state index in [-0.39, 0.29) is 23.9 Å². The van der Waals surface area contributed by atoms with Gasteiger partial charge in [-0.2, -0.15) is 0 Å². The van der Waals surface area contributed by atoms with Gasteiger partial charge in [0.2, 0.25) is 6.04 Å². The number of hydrogen-bond acceptors (Lipinski definition) is 2. The van der Waals surface area contributed by atoms with Crippen molar-refractivity contribution in [1.29, 1.82) is 0 Å². The molecule has 2 bridgehead atoms. The van der Waals surface area contributed by atoms with Gasteiger partial charge in [-0.25, -0.2) is 6.57 Å². The Balaban J connectivity index is 1.79. The Kier molecular flexibility index (Phi) is 3.19. The van der Waals surface area contributed by atoms with Crippen LogP contribution in [-0.2, 0) is 9.47 Å². The summed E-state index contributed by atoms with van der Waals surface area (Å²) in [7, 11) is 0. The van der Waals surface area contributed by atoms with Gasteiger partial charge >= 0.3 is 0 Å². The van der Waals surface area contributed by atoms with Crippen LogP contribution in [0.15, 0.2) is 11.6 Å². The van der Waals surface area contributed by atoms with Gasteiger partial charge in [-0.15, -0.1) is 0 Å². The second kappa shape index (κ2) is 4.61. The van der Waals surface area contributed by atoms with E-state index in [0.29, 0.717) is 12.0 Å². The predicted octanol–water partition coefficient (Wildman–Crippen LogP) is 3.36. The van der Waals surface area contributed by atoms with Crippen LogP contribution in [0.4, 0.5) is 0 Å². The first kappa shape index (κ1) is 13.1. The fourth-order valence-corrected chi connectivity index (χ4v) is 3.85. The van der Waals surface area contributed by atoms with Gasteiger partial charge in [0, 0.05) is 25.7 Å². The van der Waals surface area contributed by atoms with Crippen LogP contribution in [0.2, 0.25) is 0 Å². The highest BCUT2D eigenvalue weighted by Crippen LogP contribution is 2.49. The number of hydrogen-bond donors (Lipinski definition) is 0. The Hall–Kier alpha value is -0.850. The molecule has 3 nitrogen and oxygen atoms in total. The summed E-state index contributed by atoms with van der Waals surface area (Å²) < 4.78 is 12.6. The maximum Gasteiger partial charge on any atom is 0.223 e. The monoisotopic (exact) mass is 261 g/mol. The van der Waals surface area contributed by atoms with Crippen LogP contribution in [-0.4, -0.2) is 30.0 Å². The molecular weight excluding hydrogens is 238 g/mol. The number of ether oxygens (including phenoxy) is 2. The molecule has 2 fully saturated rings. The van der Waals surface area contributed by atoms with Crippen molar-refractivity contribution in [1.82, 2.24) is 0 Å². The second-order valence-electron chi connectivity index (χ2n) is 6.53. The SMILES string of the molecule is [C-]#[N+]C(C)C[C@H]1CC[C@@H]2O[C@@H]3C[C@]2(C=C(C)C3C)O1. The van der Waals surface area contributed by atoms with E-state index in [1.54, 1.807) is 0 Å². The molecule has 0 aromatic heterocycles. The van der Waals surface area contributed by atoms with E-state index >= 15 is 0 Å². The second-order valence-corrected chi connectivity index (χ2v) is 6.53. The molecule has 2 saturated heterocycles. The van der Waals surface area contributed by atoms with Crippen molar-refractivity contribution in [3.63, 3.8) is 0 Å². The van der Waals surface area contributed by atoms with Gasteiger partial charge in [0.05, 0.1) is 18.3 Å². The summed E-state index contributed by atoms with van der Waals surface area (Å²) in [6, 6.07) is 0.0589. The highest BCUT2D eigenvalue weighted by atomic mass is 16.6. The summed E-state index contributed by atoms with van der Waals surface area (Å²) in [4.78, 5) is 3.60. The molecule has 104 valence electrons. The van der Waals surface area contributed by atoms with Gasteiger partial charge < -0.3 is 14.3 Å². The first-order valence-corrected chi connectivity index (χ1v) is 7.43. The largest absolute Gasteiger partial charge is 0.371 e. The van der Waals surface area contributed by atoms with E-state index in [9.17, 15) is 0 Å². The van der Waals surface area contributed by atoms with Gasteiger partial charge in [-0.1, -0.05) is 18.6 Å². The zero-order chi connectivity index (χ0) is 13.6. The molecule has 0 radical (unpaired) electrons. The molecule has 0 aromatic rings. The van der Waals surface area contributed by atoms with Crippen molar-refractivity contribution < 1.29 is 9.47 Å². The van der Waals surface area contributed by atoms with E-state index in [0.717, 1.165) is 25.7 Å². The lowest BCUT2D eigenvalue weighted by Crippen LogP contribution is -2.48. The molecule has 1 spiro atoms. The summed E-state index contributed by atoms with van der Waals surface area (Å²) in [6.45, 7) is 13.5. The van der Waals surface area contributed by atoms with Crippen molar-refractivity contribution in [2.45, 2.75) is 76.4 Å². The van der Waals surface area contributed by atoms with Gasteiger partial charge in [0.15, 0.2) is 0 Å². The molecular formula is C16H23NO2. The minimum absolute atomic E-state index is 0.0589. The fraction of sp³-hybridized carbons (Fsp3) is 0.812. The highest BCUT2D eigenvalue weighted by molar-refractivity contribution is 5.25. The Morgan fingerprint density at radius 3 is 3.05 bits per heavy atom. The van der Waals surface area contributed by atoms with Crippen LogP contribution >= 0.6 is 0 Å². The molecule has 3 heteroatoms. The third-order valence-corrected chi connectivity index (χ3v) is 5.11. The van der Waals surface area contributed by atoms with E-state index in [4.69, 9.17) is 16.0 Å². The lowest BCUT2D eigenvalue weighted by atomic mass is 9.77. The van der Waals surface area contributed by atoms with Crippen LogP contribution in [0.3, 0.4) is 0 Å². The van der Waals surface area contributed by atoms with E-state index in [1.165, 1.54) is 5.57 Å². The highest BCUT2D eigenvalue weighted by Gasteiger charge is 2.55. The number of nitrogens with zero attached hydrogens (tertiary/aromatic N) is 1. The van der Waals surface area contributed by atoms with Crippen LogP contribution < -0.4 is 0 Å². The van der Waals surface area contributed by atoms with Crippen molar-refractivity contribution >= 4 is 0 Å². The van der Waals surface area contributed by atoms with Crippen LogP contribution in [0, 0.1) is 12.5 Å². The first-order valence-electron chi connectivity index (χ1n) is 7.43. The van der Waals surface area contributed by atoms with Gasteiger partial charge in [0.1, 0.15) is 5.60 Å². The lowest BCUT2D eigenvalue weighted by Gasteiger charge is -2.41. The quantitative estimate of drug-likeness (QED) is 0.562. The Morgan fingerprint density at radius 1 is 1.53 bits per heavy atom. The molecule has 2 heterocycles. The topological polar surface area (TPSA) is 22.8 Å². The van der Waals surface area contributed by atoms with Gasteiger partial charge in [-0.05, 0) is 19.8 Å². The molecule has 3 rings (SSSR count). The molecule has 0 aromatic carbocycles. The zero-order valence-corrected chi connectivity index (χ0v) is 12.1. The molecule has 6 atom stereocenters. The van der Waals surface area contributed by atoms with Crippen LogP contribution in [0.25, 0.3) is 4.85 Å². The Morgan fingerprint density at radius 2 is 2.32 bits per heavy atom. The van der Waals surface area contributed by atoms with Gasteiger partial charge in [0.25, 0.3) is 0 Å². The molecule has 0 amide bonds. The minimum Gasteiger partial charge on any atom is -0.371 e. The summed E-state index contributed by atoms with van der Waals surface area (Å²) in [5, 5.41) is 0. The summed E-state index contributed by atoms with van der Waals surface area (Å²) >= 11 is 0.